The first kappa shape index (κ1) is 29.9. The molecule has 1 fully saturated rings. The average molecular weight is 548 g/mol. The van der Waals surface area contributed by atoms with Gasteiger partial charge < -0.3 is 26.0 Å². The second kappa shape index (κ2) is 10.6. The normalized spacial score (nSPS) is 18.4. The number of benzene rings is 1. The second-order valence-electron chi connectivity index (χ2n) is 10.2. The lowest BCUT2D eigenvalue weighted by atomic mass is 10.1. The maximum Gasteiger partial charge on any atom is 0.412 e. The number of phenols is 1. The SMILES string of the molecule is CC(C)CCN(C[C@H]1Cc2c(cc(O)c(N3CC(=O)NS3(=O)=O)c2F)N1C(=O)O)C(=O)OC(C)(C)C.N. The quantitative estimate of drug-likeness (QED) is 0.414. The Morgan fingerprint density at radius 3 is 2.43 bits per heavy atom. The van der Waals surface area contributed by atoms with Crippen molar-refractivity contribution in [2.24, 2.45) is 5.92 Å². The van der Waals surface area contributed by atoms with Gasteiger partial charge in [0.2, 0.25) is 0 Å². The Labute approximate surface area is 214 Å². The van der Waals surface area contributed by atoms with Crippen LogP contribution in [0.3, 0.4) is 0 Å². The smallest absolute Gasteiger partial charge is 0.412 e. The van der Waals surface area contributed by atoms with Crippen LogP contribution in [0.1, 0.15) is 46.6 Å². The van der Waals surface area contributed by atoms with Gasteiger partial charge in [-0.25, -0.2) is 23.0 Å². The van der Waals surface area contributed by atoms with E-state index in [2.05, 4.69) is 0 Å². The molecule has 0 bridgehead atoms. The van der Waals surface area contributed by atoms with E-state index in [9.17, 15) is 33.0 Å². The molecule has 1 atom stereocenters. The molecule has 0 spiro atoms. The number of anilines is 2. The Morgan fingerprint density at radius 2 is 1.95 bits per heavy atom. The standard InChI is InChI=1S/C22H31FN4O8S.H3N/c1-12(2)6-7-25(21(32)35-22(3,4)5)10-13-8-14-15(27(13)20(30)31)9-16(28)19(18(14)23)26-11-17(29)24-36(26,33)34;/h9,12-13,28H,6-8,10-11H2,1-5H3,(H,24,29)(H,30,31);1H3/t13-;/m1./s1. The van der Waals surface area contributed by atoms with Crippen molar-refractivity contribution in [2.45, 2.75) is 59.1 Å². The number of fused-ring (bicyclic) bond motifs is 1. The van der Waals surface area contributed by atoms with Crippen LogP contribution < -0.4 is 20.1 Å². The van der Waals surface area contributed by atoms with Crippen LogP contribution in [0.2, 0.25) is 0 Å². The number of nitrogens with zero attached hydrogens (tertiary/aromatic N) is 3. The molecule has 15 heteroatoms. The zero-order chi connectivity index (χ0) is 27.2. The van der Waals surface area contributed by atoms with Crippen molar-refractivity contribution in [3.8, 4) is 5.75 Å². The van der Waals surface area contributed by atoms with E-state index in [4.69, 9.17) is 4.74 Å². The number of aromatic hydroxyl groups is 1. The molecule has 0 aliphatic carbocycles. The molecule has 1 aromatic rings. The van der Waals surface area contributed by atoms with Gasteiger partial charge in [0.1, 0.15) is 23.6 Å². The lowest BCUT2D eigenvalue weighted by Crippen LogP contribution is -2.48. The summed E-state index contributed by atoms with van der Waals surface area (Å²) in [6, 6.07) is 0.0165. The van der Waals surface area contributed by atoms with E-state index in [-0.39, 0.29) is 42.8 Å². The molecule has 3 rings (SSSR count). The highest BCUT2D eigenvalue weighted by Gasteiger charge is 2.43. The number of amides is 3. The number of carboxylic acid groups (broad SMARTS) is 1. The summed E-state index contributed by atoms with van der Waals surface area (Å²) < 4.78 is 47.6. The van der Waals surface area contributed by atoms with Crippen LogP contribution >= 0.6 is 0 Å². The molecule has 1 saturated heterocycles. The summed E-state index contributed by atoms with van der Waals surface area (Å²) >= 11 is 0. The first-order valence-electron chi connectivity index (χ1n) is 11.4. The van der Waals surface area contributed by atoms with E-state index in [0.717, 1.165) is 11.0 Å². The van der Waals surface area contributed by atoms with Crippen molar-refractivity contribution in [3.05, 3.63) is 17.4 Å². The van der Waals surface area contributed by atoms with Crippen LogP contribution in [-0.2, 0) is 26.2 Å². The predicted octanol–water partition coefficient (Wildman–Crippen LogP) is 2.57. The van der Waals surface area contributed by atoms with E-state index in [1.165, 1.54) is 4.90 Å². The maximum atomic E-state index is 15.6. The maximum absolute atomic E-state index is 15.6. The Balaban J connectivity index is 0.00000481. The van der Waals surface area contributed by atoms with Crippen molar-refractivity contribution in [1.82, 2.24) is 15.8 Å². The van der Waals surface area contributed by atoms with Gasteiger partial charge in [0.15, 0.2) is 5.82 Å². The highest BCUT2D eigenvalue weighted by molar-refractivity contribution is 7.92. The van der Waals surface area contributed by atoms with Crippen molar-refractivity contribution in [3.63, 3.8) is 0 Å². The summed E-state index contributed by atoms with van der Waals surface area (Å²) in [7, 11) is -4.42. The van der Waals surface area contributed by atoms with E-state index in [0.29, 0.717) is 10.7 Å². The number of ether oxygens (including phenoxy) is 1. The number of phenolic OH excluding ortho intramolecular Hbond substituents is 1. The van der Waals surface area contributed by atoms with Gasteiger partial charge in [0, 0.05) is 31.1 Å². The highest BCUT2D eigenvalue weighted by Crippen LogP contribution is 2.44. The first-order chi connectivity index (χ1) is 16.5. The Hall–Kier alpha value is -3.33. The second-order valence-corrected chi connectivity index (χ2v) is 11.8. The lowest BCUT2D eigenvalue weighted by Gasteiger charge is -2.32. The third-order valence-corrected chi connectivity index (χ3v) is 7.07. The number of rotatable bonds is 6. The van der Waals surface area contributed by atoms with Crippen LogP contribution in [0.5, 0.6) is 5.75 Å². The summed E-state index contributed by atoms with van der Waals surface area (Å²) in [5.41, 5.74) is -1.87. The van der Waals surface area contributed by atoms with Gasteiger partial charge in [-0.05, 0) is 33.1 Å². The van der Waals surface area contributed by atoms with Gasteiger partial charge in [0.25, 0.3) is 5.91 Å². The molecule has 3 amide bonds. The number of hydrogen-bond donors (Lipinski definition) is 4. The number of carbonyl (C=O) groups excluding carboxylic acids is 2. The minimum Gasteiger partial charge on any atom is -0.506 e. The molecule has 6 N–H and O–H groups in total. The molecular formula is C22H34FN5O8S. The van der Waals surface area contributed by atoms with Crippen LogP contribution in [-0.4, -0.2) is 72.9 Å². The molecule has 1 aromatic carbocycles. The van der Waals surface area contributed by atoms with E-state index in [1.807, 2.05) is 13.8 Å². The predicted molar refractivity (Wildman–Crippen MR) is 133 cm³/mol. The number of nitrogens with one attached hydrogen (secondary N) is 1. The first-order valence-corrected chi connectivity index (χ1v) is 12.8. The zero-order valence-electron chi connectivity index (χ0n) is 21.4. The average Bonchev–Trinajstić information content (AvgIpc) is 3.19. The van der Waals surface area contributed by atoms with Gasteiger partial charge in [-0.1, -0.05) is 13.8 Å². The fraction of sp³-hybridized carbons (Fsp3) is 0.591. The van der Waals surface area contributed by atoms with Crippen LogP contribution in [0.15, 0.2) is 6.07 Å². The summed E-state index contributed by atoms with van der Waals surface area (Å²) in [4.78, 5) is 38.9. The summed E-state index contributed by atoms with van der Waals surface area (Å²) in [5, 5.41) is 20.4. The summed E-state index contributed by atoms with van der Waals surface area (Å²) in [6.45, 7) is 8.44. The molecule has 2 aliphatic rings. The molecule has 0 aromatic heterocycles. The molecule has 0 saturated carbocycles. The van der Waals surface area contributed by atoms with Crippen molar-refractivity contribution in [1.29, 1.82) is 0 Å². The summed E-state index contributed by atoms with van der Waals surface area (Å²) in [6.07, 6.45) is -1.68. The van der Waals surface area contributed by atoms with E-state index < -0.39 is 63.7 Å². The molecule has 37 heavy (non-hydrogen) atoms. The van der Waals surface area contributed by atoms with Crippen LogP contribution in [0, 0.1) is 11.7 Å². The van der Waals surface area contributed by atoms with Gasteiger partial charge >= 0.3 is 22.4 Å². The fourth-order valence-corrected chi connectivity index (χ4v) is 5.29. The molecule has 0 unspecified atom stereocenters. The highest BCUT2D eigenvalue weighted by atomic mass is 32.2. The van der Waals surface area contributed by atoms with Gasteiger partial charge in [-0.3, -0.25) is 9.69 Å². The van der Waals surface area contributed by atoms with Crippen molar-refractivity contribution < 1.29 is 42.1 Å². The minimum absolute atomic E-state index is 0. The van der Waals surface area contributed by atoms with Crippen LogP contribution in [0.4, 0.5) is 25.4 Å². The van der Waals surface area contributed by atoms with E-state index in [1.54, 1.807) is 25.5 Å². The van der Waals surface area contributed by atoms with Crippen LogP contribution in [0.25, 0.3) is 0 Å². The molecule has 13 nitrogen and oxygen atoms in total. The van der Waals surface area contributed by atoms with Crippen molar-refractivity contribution >= 4 is 39.7 Å². The third-order valence-electron chi connectivity index (χ3n) is 5.70. The minimum atomic E-state index is -4.42. The molecule has 208 valence electrons. The number of hydrogen-bond acceptors (Lipinski definition) is 8. The molecule has 2 heterocycles. The zero-order valence-corrected chi connectivity index (χ0v) is 22.3. The van der Waals surface area contributed by atoms with Crippen molar-refractivity contribution in [2.75, 3.05) is 28.8 Å². The van der Waals surface area contributed by atoms with Gasteiger partial charge in [0.05, 0.1) is 11.7 Å². The Morgan fingerprint density at radius 1 is 1.32 bits per heavy atom. The summed E-state index contributed by atoms with van der Waals surface area (Å²) in [5.74, 6) is -2.67. The molecule has 2 aliphatic heterocycles. The lowest BCUT2D eigenvalue weighted by molar-refractivity contribution is -0.117. The van der Waals surface area contributed by atoms with Gasteiger partial charge in [-0.2, -0.15) is 8.42 Å². The van der Waals surface area contributed by atoms with E-state index >= 15 is 4.39 Å². The largest absolute Gasteiger partial charge is 0.506 e. The Bertz CT molecular complexity index is 1180. The third kappa shape index (κ3) is 6.33. The fourth-order valence-electron chi connectivity index (χ4n) is 4.13. The molecule has 0 radical (unpaired) electrons. The number of carbonyl (C=O) groups is 3. The molecular weight excluding hydrogens is 513 g/mol. The Kier molecular flexibility index (Phi) is 8.54. The monoisotopic (exact) mass is 547 g/mol. The topological polar surface area (TPSA) is 192 Å². The number of halogens is 1. The van der Waals surface area contributed by atoms with Gasteiger partial charge in [-0.15, -0.1) is 0 Å².